The summed E-state index contributed by atoms with van der Waals surface area (Å²) in [6.45, 7) is 16.1. The van der Waals surface area contributed by atoms with Crippen LogP contribution in [0.25, 0.3) is 5.76 Å². The highest BCUT2D eigenvalue weighted by molar-refractivity contribution is 5.59. The topological polar surface area (TPSA) is 9.23 Å². The summed E-state index contributed by atoms with van der Waals surface area (Å²) in [4.78, 5) is 0. The van der Waals surface area contributed by atoms with Crippen LogP contribution in [0.15, 0.2) is 48.2 Å². The van der Waals surface area contributed by atoms with E-state index >= 15 is 0 Å². The van der Waals surface area contributed by atoms with E-state index in [1.54, 1.807) is 0 Å². The van der Waals surface area contributed by atoms with Crippen molar-refractivity contribution < 1.29 is 4.74 Å². The first-order valence-corrected chi connectivity index (χ1v) is 13.8. The minimum Gasteiger partial charge on any atom is -0.493 e. The van der Waals surface area contributed by atoms with Crippen molar-refractivity contribution in [1.82, 2.24) is 0 Å². The molecule has 0 spiro atoms. The monoisotopic (exact) mass is 450 g/mol. The lowest BCUT2D eigenvalue weighted by atomic mass is 9.81. The molecule has 0 amide bonds. The molecule has 1 nitrogen and oxygen atoms in total. The van der Waals surface area contributed by atoms with Crippen LogP contribution in [0.1, 0.15) is 110 Å². The third-order valence-corrected chi connectivity index (χ3v) is 7.82. The standard InChI is InChI=1S/C32H50O/c1-7-14-26(8-2)15-12-16-27-18-20-30(21-19-27)32(11-5)33-22-13-17-28(9-3)29(10-4)24-31-23-25(31)6/h11,18-21,25,28-29,31H,2,7,9-10,12-17,22-24H2,1,3-6H3. The average molecular weight is 451 g/mol. The normalized spacial score (nSPS) is 19.6. The van der Waals surface area contributed by atoms with E-state index in [0.29, 0.717) is 0 Å². The van der Waals surface area contributed by atoms with Gasteiger partial charge in [0.2, 0.25) is 0 Å². The Morgan fingerprint density at radius 1 is 1.09 bits per heavy atom. The van der Waals surface area contributed by atoms with Crippen LogP contribution < -0.4 is 0 Å². The Hall–Kier alpha value is -1.72. The first-order valence-electron chi connectivity index (χ1n) is 13.8. The van der Waals surface area contributed by atoms with Gasteiger partial charge in [-0.15, -0.1) is 5.73 Å². The van der Waals surface area contributed by atoms with Gasteiger partial charge in [0.15, 0.2) is 0 Å². The van der Waals surface area contributed by atoms with Gasteiger partial charge in [0.25, 0.3) is 0 Å². The molecule has 2 rings (SSSR count). The molecule has 0 aromatic heterocycles. The molecule has 4 atom stereocenters. The smallest absolute Gasteiger partial charge is 0.122 e. The van der Waals surface area contributed by atoms with Gasteiger partial charge in [-0.25, -0.2) is 0 Å². The summed E-state index contributed by atoms with van der Waals surface area (Å²) in [7, 11) is 0. The summed E-state index contributed by atoms with van der Waals surface area (Å²) >= 11 is 0. The van der Waals surface area contributed by atoms with Crippen molar-refractivity contribution in [3.8, 4) is 0 Å². The number of ether oxygens (including phenoxy) is 1. The second-order valence-corrected chi connectivity index (χ2v) is 10.3. The fourth-order valence-electron chi connectivity index (χ4n) is 5.39. The van der Waals surface area contributed by atoms with E-state index in [1.165, 1.54) is 61.6 Å². The Balaban J connectivity index is 1.75. The van der Waals surface area contributed by atoms with Gasteiger partial charge in [-0.3, -0.25) is 0 Å². The molecule has 1 aromatic rings. The second-order valence-electron chi connectivity index (χ2n) is 10.3. The van der Waals surface area contributed by atoms with Crippen molar-refractivity contribution in [1.29, 1.82) is 0 Å². The Kier molecular flexibility index (Phi) is 12.7. The molecule has 1 aromatic carbocycles. The van der Waals surface area contributed by atoms with Crippen molar-refractivity contribution in [2.45, 2.75) is 105 Å². The van der Waals surface area contributed by atoms with Crippen molar-refractivity contribution in [3.63, 3.8) is 0 Å². The molecule has 1 aliphatic carbocycles. The Morgan fingerprint density at radius 3 is 2.33 bits per heavy atom. The number of aryl methyl sites for hydroxylation is 1. The molecule has 0 saturated heterocycles. The van der Waals surface area contributed by atoms with E-state index in [2.05, 4.69) is 77.3 Å². The summed E-state index contributed by atoms with van der Waals surface area (Å²) in [5.74, 6) is 4.77. The molecule has 0 N–H and O–H groups in total. The van der Waals surface area contributed by atoms with Crippen LogP contribution in [-0.2, 0) is 11.2 Å². The quantitative estimate of drug-likeness (QED) is 0.130. The van der Waals surface area contributed by atoms with Crippen LogP contribution in [0.5, 0.6) is 0 Å². The van der Waals surface area contributed by atoms with Gasteiger partial charge in [0, 0.05) is 5.56 Å². The fourth-order valence-corrected chi connectivity index (χ4v) is 5.39. The molecule has 184 valence electrons. The van der Waals surface area contributed by atoms with Gasteiger partial charge in [0.05, 0.1) is 6.61 Å². The summed E-state index contributed by atoms with van der Waals surface area (Å²) in [6, 6.07) is 8.97. The minimum absolute atomic E-state index is 0.822. The first kappa shape index (κ1) is 27.5. The van der Waals surface area contributed by atoms with E-state index in [1.807, 2.05) is 0 Å². The van der Waals surface area contributed by atoms with E-state index in [0.717, 1.165) is 61.7 Å². The lowest BCUT2D eigenvalue weighted by Crippen LogP contribution is -2.15. The van der Waals surface area contributed by atoms with Crippen LogP contribution in [0.2, 0.25) is 0 Å². The van der Waals surface area contributed by atoms with Crippen LogP contribution in [-0.4, -0.2) is 6.61 Å². The van der Waals surface area contributed by atoms with Crippen LogP contribution in [0.4, 0.5) is 0 Å². The van der Waals surface area contributed by atoms with Crippen molar-refractivity contribution in [3.05, 3.63) is 59.4 Å². The van der Waals surface area contributed by atoms with Crippen molar-refractivity contribution >= 4 is 5.76 Å². The van der Waals surface area contributed by atoms with E-state index in [9.17, 15) is 0 Å². The molecular formula is C32H50O. The number of hydrogen-bond acceptors (Lipinski definition) is 1. The first-order chi connectivity index (χ1) is 16.1. The zero-order valence-electron chi connectivity index (χ0n) is 22.3. The molecule has 0 radical (unpaired) electrons. The maximum Gasteiger partial charge on any atom is 0.122 e. The van der Waals surface area contributed by atoms with E-state index in [4.69, 9.17) is 4.74 Å². The van der Waals surface area contributed by atoms with Crippen LogP contribution in [0.3, 0.4) is 0 Å². The number of hydrogen-bond donors (Lipinski definition) is 0. The maximum absolute atomic E-state index is 6.23. The molecule has 1 saturated carbocycles. The highest BCUT2D eigenvalue weighted by atomic mass is 16.5. The SMILES string of the molecule is C=C=C(CCC)CCCc1ccc(C(=CC)OCCCC(CC)C(CC)CC2CC2C)cc1. The number of benzene rings is 1. The molecule has 4 unspecified atom stereocenters. The zero-order valence-corrected chi connectivity index (χ0v) is 22.3. The largest absolute Gasteiger partial charge is 0.493 e. The highest BCUT2D eigenvalue weighted by Crippen LogP contribution is 2.45. The molecule has 1 aliphatic rings. The van der Waals surface area contributed by atoms with Gasteiger partial charge in [-0.1, -0.05) is 77.8 Å². The van der Waals surface area contributed by atoms with Crippen molar-refractivity contribution in [2.24, 2.45) is 23.7 Å². The van der Waals surface area contributed by atoms with E-state index < -0.39 is 0 Å². The molecule has 0 heterocycles. The van der Waals surface area contributed by atoms with Gasteiger partial charge < -0.3 is 4.74 Å². The van der Waals surface area contributed by atoms with Gasteiger partial charge >= 0.3 is 0 Å². The molecule has 0 aliphatic heterocycles. The van der Waals surface area contributed by atoms with Gasteiger partial charge in [-0.05, 0) is 99.2 Å². The van der Waals surface area contributed by atoms with Gasteiger partial charge in [-0.2, -0.15) is 0 Å². The van der Waals surface area contributed by atoms with Crippen molar-refractivity contribution in [2.75, 3.05) is 6.61 Å². The molecule has 0 bridgehead atoms. The third-order valence-electron chi connectivity index (χ3n) is 7.82. The molecule has 1 heteroatoms. The summed E-state index contributed by atoms with van der Waals surface area (Å²) in [5, 5.41) is 0. The minimum atomic E-state index is 0.822. The number of allylic oxidation sites excluding steroid dienone is 2. The average Bonchev–Trinajstić information content (AvgIpc) is 3.54. The maximum atomic E-state index is 6.23. The third kappa shape index (κ3) is 9.58. The van der Waals surface area contributed by atoms with Gasteiger partial charge in [0.1, 0.15) is 5.76 Å². The lowest BCUT2D eigenvalue weighted by Gasteiger charge is -2.25. The summed E-state index contributed by atoms with van der Waals surface area (Å²) in [6.07, 6.45) is 15.8. The molecule has 1 fully saturated rings. The lowest BCUT2D eigenvalue weighted by molar-refractivity contribution is 0.218. The van der Waals surface area contributed by atoms with Crippen LogP contribution in [0, 0.1) is 23.7 Å². The second kappa shape index (κ2) is 15.2. The Bertz CT molecular complexity index is 749. The molecule has 33 heavy (non-hydrogen) atoms. The summed E-state index contributed by atoms with van der Waals surface area (Å²) < 4.78 is 6.23. The number of rotatable bonds is 17. The fraction of sp³-hybridized carbons (Fsp3) is 0.656. The Labute approximate surface area is 205 Å². The zero-order chi connectivity index (χ0) is 24.1. The predicted octanol–water partition coefficient (Wildman–Crippen LogP) is 9.78. The highest BCUT2D eigenvalue weighted by Gasteiger charge is 2.35. The summed E-state index contributed by atoms with van der Waals surface area (Å²) in [5.41, 5.74) is 7.09. The van der Waals surface area contributed by atoms with E-state index in [-0.39, 0.29) is 0 Å². The predicted molar refractivity (Wildman–Crippen MR) is 145 cm³/mol. The Morgan fingerprint density at radius 2 is 1.79 bits per heavy atom. The van der Waals surface area contributed by atoms with Crippen LogP contribution >= 0.6 is 0 Å². The molecular weight excluding hydrogens is 400 g/mol.